The zero-order chi connectivity index (χ0) is 16.6. The molecule has 0 spiro atoms. The summed E-state index contributed by atoms with van der Waals surface area (Å²) in [6.07, 6.45) is 3.53. The Kier molecular flexibility index (Phi) is 6.09. The minimum atomic E-state index is -3.58. The van der Waals surface area contributed by atoms with E-state index < -0.39 is 10.0 Å². The van der Waals surface area contributed by atoms with Crippen molar-refractivity contribution in [3.63, 3.8) is 0 Å². The standard InChI is InChI=1S/C15H19BrN4O2S.ClH/c1-11-9-12(16)3-4-14(11)23(21,22)20-8-5-17-10-13(20)15-18-6-7-19(15)2;/h3-4,6-7,9,13,17H,5,8,10H2,1-2H3;1H. The third-order valence-corrected chi connectivity index (χ3v) is 6.64. The molecule has 1 atom stereocenters. The number of sulfonamides is 1. The highest BCUT2D eigenvalue weighted by atomic mass is 79.9. The lowest BCUT2D eigenvalue weighted by Crippen LogP contribution is -2.49. The minimum Gasteiger partial charge on any atom is -0.337 e. The number of aromatic nitrogens is 2. The first-order valence-corrected chi connectivity index (χ1v) is 9.60. The third kappa shape index (κ3) is 3.52. The van der Waals surface area contributed by atoms with E-state index in [-0.39, 0.29) is 18.4 Å². The van der Waals surface area contributed by atoms with E-state index in [1.165, 1.54) is 0 Å². The van der Waals surface area contributed by atoms with Gasteiger partial charge in [0.1, 0.15) is 5.82 Å². The molecule has 2 heterocycles. The quantitative estimate of drug-likeness (QED) is 0.803. The molecule has 24 heavy (non-hydrogen) atoms. The smallest absolute Gasteiger partial charge is 0.244 e. The van der Waals surface area contributed by atoms with Crippen LogP contribution in [0.15, 0.2) is 40.0 Å². The zero-order valence-electron chi connectivity index (χ0n) is 13.4. The Balaban J connectivity index is 0.00000208. The minimum absolute atomic E-state index is 0. The van der Waals surface area contributed by atoms with Crippen LogP contribution in [-0.2, 0) is 17.1 Å². The number of piperazine rings is 1. The lowest BCUT2D eigenvalue weighted by molar-refractivity contribution is 0.258. The first kappa shape index (κ1) is 19.4. The number of nitrogens with zero attached hydrogens (tertiary/aromatic N) is 3. The number of halogens is 2. The summed E-state index contributed by atoms with van der Waals surface area (Å²) in [4.78, 5) is 4.69. The van der Waals surface area contributed by atoms with E-state index in [0.717, 1.165) is 15.9 Å². The molecular weight excluding hydrogens is 416 g/mol. The highest BCUT2D eigenvalue weighted by molar-refractivity contribution is 9.10. The van der Waals surface area contributed by atoms with Gasteiger partial charge < -0.3 is 9.88 Å². The van der Waals surface area contributed by atoms with Crippen molar-refractivity contribution in [1.29, 1.82) is 0 Å². The van der Waals surface area contributed by atoms with Gasteiger partial charge in [-0.05, 0) is 30.7 Å². The van der Waals surface area contributed by atoms with E-state index in [4.69, 9.17) is 0 Å². The molecule has 1 aromatic heterocycles. The Morgan fingerprint density at radius 3 is 2.75 bits per heavy atom. The Morgan fingerprint density at radius 1 is 1.38 bits per heavy atom. The van der Waals surface area contributed by atoms with E-state index in [1.54, 1.807) is 22.6 Å². The average molecular weight is 436 g/mol. The maximum Gasteiger partial charge on any atom is 0.244 e. The molecule has 1 fully saturated rings. The summed E-state index contributed by atoms with van der Waals surface area (Å²) in [5, 5.41) is 3.26. The van der Waals surface area contributed by atoms with Crippen molar-refractivity contribution in [3.05, 3.63) is 46.5 Å². The van der Waals surface area contributed by atoms with Gasteiger partial charge in [0.15, 0.2) is 0 Å². The molecule has 0 bridgehead atoms. The first-order valence-electron chi connectivity index (χ1n) is 7.37. The van der Waals surface area contributed by atoms with Gasteiger partial charge in [-0.25, -0.2) is 13.4 Å². The van der Waals surface area contributed by atoms with Gasteiger partial charge in [-0.15, -0.1) is 12.4 Å². The fourth-order valence-electron chi connectivity index (χ4n) is 2.92. The number of aryl methyl sites for hydroxylation is 2. The average Bonchev–Trinajstić information content (AvgIpc) is 2.93. The van der Waals surface area contributed by atoms with Crippen LogP contribution in [0.4, 0.5) is 0 Å². The van der Waals surface area contributed by atoms with Gasteiger partial charge in [-0.3, -0.25) is 0 Å². The molecule has 0 amide bonds. The van der Waals surface area contributed by atoms with Crippen molar-refractivity contribution in [2.24, 2.45) is 7.05 Å². The molecule has 1 aliphatic heterocycles. The van der Waals surface area contributed by atoms with Crippen LogP contribution in [0.2, 0.25) is 0 Å². The van der Waals surface area contributed by atoms with E-state index in [9.17, 15) is 8.42 Å². The molecule has 0 radical (unpaired) electrons. The van der Waals surface area contributed by atoms with E-state index >= 15 is 0 Å². The molecule has 1 saturated heterocycles. The maximum absolute atomic E-state index is 13.2. The van der Waals surface area contributed by atoms with E-state index in [1.807, 2.05) is 30.8 Å². The third-order valence-electron chi connectivity index (χ3n) is 4.07. The second kappa shape index (κ2) is 7.53. The van der Waals surface area contributed by atoms with E-state index in [0.29, 0.717) is 24.5 Å². The van der Waals surface area contributed by atoms with Crippen LogP contribution in [0.1, 0.15) is 17.4 Å². The molecule has 3 rings (SSSR count). The summed E-state index contributed by atoms with van der Waals surface area (Å²) in [6, 6.07) is 4.94. The highest BCUT2D eigenvalue weighted by Crippen LogP contribution is 2.30. The Morgan fingerprint density at radius 2 is 2.12 bits per heavy atom. The summed E-state index contributed by atoms with van der Waals surface area (Å²) in [5.41, 5.74) is 0.733. The van der Waals surface area contributed by atoms with Gasteiger partial charge in [-0.2, -0.15) is 4.31 Å². The lowest BCUT2D eigenvalue weighted by Gasteiger charge is -2.35. The van der Waals surface area contributed by atoms with Crippen molar-refractivity contribution in [2.45, 2.75) is 17.9 Å². The van der Waals surface area contributed by atoms with Crippen LogP contribution in [0, 0.1) is 6.92 Å². The van der Waals surface area contributed by atoms with Crippen LogP contribution < -0.4 is 5.32 Å². The molecule has 0 aliphatic carbocycles. The predicted octanol–water partition coefficient (Wildman–Crippen LogP) is 2.25. The summed E-state index contributed by atoms with van der Waals surface area (Å²) < 4.78 is 30.7. The van der Waals surface area contributed by atoms with Crippen molar-refractivity contribution in [2.75, 3.05) is 19.6 Å². The molecule has 0 saturated carbocycles. The summed E-state index contributed by atoms with van der Waals surface area (Å²) in [7, 11) is -1.70. The SMILES string of the molecule is Cc1cc(Br)ccc1S(=O)(=O)N1CCNCC1c1nccn1C.Cl. The second-order valence-corrected chi connectivity index (χ2v) is 8.42. The summed E-state index contributed by atoms with van der Waals surface area (Å²) >= 11 is 3.38. The van der Waals surface area contributed by atoms with Crippen LogP contribution in [0.5, 0.6) is 0 Å². The van der Waals surface area contributed by atoms with Crippen molar-refractivity contribution in [3.8, 4) is 0 Å². The van der Waals surface area contributed by atoms with Crippen molar-refractivity contribution in [1.82, 2.24) is 19.2 Å². The fraction of sp³-hybridized carbons (Fsp3) is 0.400. The largest absolute Gasteiger partial charge is 0.337 e. The topological polar surface area (TPSA) is 67.2 Å². The number of imidazole rings is 1. The Labute approximate surface area is 156 Å². The van der Waals surface area contributed by atoms with Crippen LogP contribution in [0.25, 0.3) is 0 Å². The van der Waals surface area contributed by atoms with Gasteiger partial charge in [0, 0.05) is 43.5 Å². The molecular formula is C15H20BrClN4O2S. The van der Waals surface area contributed by atoms with Crippen molar-refractivity contribution >= 4 is 38.4 Å². The molecule has 2 aromatic rings. The summed E-state index contributed by atoms with van der Waals surface area (Å²) in [6.45, 7) is 3.43. The monoisotopic (exact) mass is 434 g/mol. The molecule has 132 valence electrons. The zero-order valence-corrected chi connectivity index (χ0v) is 16.7. The maximum atomic E-state index is 13.2. The second-order valence-electron chi connectivity index (χ2n) is 5.64. The predicted molar refractivity (Wildman–Crippen MR) is 98.8 cm³/mol. The Bertz CT molecular complexity index is 825. The van der Waals surface area contributed by atoms with Gasteiger partial charge in [0.2, 0.25) is 10.0 Å². The molecule has 9 heteroatoms. The highest BCUT2D eigenvalue weighted by Gasteiger charge is 2.36. The molecule has 1 aromatic carbocycles. The molecule has 1 aliphatic rings. The van der Waals surface area contributed by atoms with Crippen LogP contribution in [-0.4, -0.2) is 41.9 Å². The normalized spacial score (nSPS) is 19.0. The number of hydrogen-bond donors (Lipinski definition) is 1. The van der Waals surface area contributed by atoms with Crippen LogP contribution in [0.3, 0.4) is 0 Å². The lowest BCUT2D eigenvalue weighted by atomic mass is 10.2. The molecule has 6 nitrogen and oxygen atoms in total. The van der Waals surface area contributed by atoms with Gasteiger partial charge in [0.05, 0.1) is 10.9 Å². The first-order chi connectivity index (χ1) is 10.9. The fourth-order valence-corrected chi connectivity index (χ4v) is 5.19. The summed E-state index contributed by atoms with van der Waals surface area (Å²) in [5.74, 6) is 0.746. The van der Waals surface area contributed by atoms with Crippen molar-refractivity contribution < 1.29 is 8.42 Å². The number of benzene rings is 1. The van der Waals surface area contributed by atoms with Crippen LogP contribution >= 0.6 is 28.3 Å². The number of rotatable bonds is 3. The number of nitrogens with one attached hydrogen (secondary N) is 1. The van der Waals surface area contributed by atoms with E-state index in [2.05, 4.69) is 26.2 Å². The number of hydrogen-bond acceptors (Lipinski definition) is 4. The van der Waals surface area contributed by atoms with Gasteiger partial charge in [0.25, 0.3) is 0 Å². The van der Waals surface area contributed by atoms with Gasteiger partial charge in [-0.1, -0.05) is 15.9 Å². The molecule has 1 unspecified atom stereocenters. The van der Waals surface area contributed by atoms with Gasteiger partial charge >= 0.3 is 0 Å². The Hall–Kier alpha value is -0.930. The molecule has 1 N–H and O–H groups in total.